The van der Waals surface area contributed by atoms with Gasteiger partial charge in [0.1, 0.15) is 11.3 Å². The number of aliphatic imine (C=N–C) groups is 1. The van der Waals surface area contributed by atoms with E-state index in [0.717, 1.165) is 5.56 Å². The van der Waals surface area contributed by atoms with Crippen molar-refractivity contribution in [1.82, 2.24) is 10.3 Å². The van der Waals surface area contributed by atoms with E-state index in [-0.39, 0.29) is 5.96 Å². The molecule has 3 N–H and O–H groups in total. The molecule has 0 aliphatic heterocycles. The Morgan fingerprint density at radius 2 is 1.79 bits per heavy atom. The van der Waals surface area contributed by atoms with Gasteiger partial charge in [0.25, 0.3) is 0 Å². The van der Waals surface area contributed by atoms with Gasteiger partial charge >= 0.3 is 0 Å². The van der Waals surface area contributed by atoms with Gasteiger partial charge < -0.3 is 19.9 Å². The Morgan fingerprint density at radius 1 is 1.07 bits per heavy atom. The Hall–Kier alpha value is -3.81. The normalized spacial score (nSPS) is 11.2. The number of pyridine rings is 1. The van der Waals surface area contributed by atoms with Crippen molar-refractivity contribution in [2.45, 2.75) is 0 Å². The van der Waals surface area contributed by atoms with Crippen molar-refractivity contribution >= 4 is 29.0 Å². The van der Waals surface area contributed by atoms with Gasteiger partial charge in [-0.15, -0.1) is 0 Å². The molecule has 1 heterocycles. The van der Waals surface area contributed by atoms with Gasteiger partial charge in [-0.2, -0.15) is 0 Å². The monoisotopic (exact) mass is 380 g/mol. The number of guanidine groups is 1. The number of nitrogens with one attached hydrogen (secondary N) is 1. The summed E-state index contributed by atoms with van der Waals surface area (Å²) in [5.41, 5.74) is 8.34. The molecule has 0 aliphatic carbocycles. The summed E-state index contributed by atoms with van der Waals surface area (Å²) in [6.07, 6.45) is 0.457. The molecule has 0 aliphatic rings. The summed E-state index contributed by atoms with van der Waals surface area (Å²) < 4.78 is 16.5. The van der Waals surface area contributed by atoms with E-state index in [1.807, 2.05) is 30.3 Å². The lowest BCUT2D eigenvalue weighted by Gasteiger charge is -2.16. The number of amides is 1. The molecule has 28 heavy (non-hydrogen) atoms. The number of hydrogen-bond donors (Lipinski definition) is 2. The summed E-state index contributed by atoms with van der Waals surface area (Å²) in [7, 11) is 4.60. The zero-order valence-corrected chi connectivity index (χ0v) is 15.7. The largest absolute Gasteiger partial charge is 0.494 e. The highest BCUT2D eigenvalue weighted by molar-refractivity contribution is 6.04. The lowest BCUT2D eigenvalue weighted by atomic mass is 10.1. The highest BCUT2D eigenvalue weighted by Crippen LogP contribution is 2.46. The first-order valence-corrected chi connectivity index (χ1v) is 8.36. The fraction of sp³-hybridized carbons (Fsp3) is 0.150. The van der Waals surface area contributed by atoms with Crippen molar-refractivity contribution in [3.8, 4) is 28.5 Å². The molecule has 144 valence electrons. The summed E-state index contributed by atoms with van der Waals surface area (Å²) in [6, 6.07) is 13.1. The second kappa shape index (κ2) is 8.26. The number of nitrogens with two attached hydrogens (primary N) is 1. The van der Waals surface area contributed by atoms with E-state index in [1.54, 1.807) is 19.2 Å². The number of methoxy groups -OCH3 is 3. The van der Waals surface area contributed by atoms with E-state index in [2.05, 4.69) is 10.3 Å². The van der Waals surface area contributed by atoms with Crippen LogP contribution in [-0.2, 0) is 4.79 Å². The highest BCUT2D eigenvalue weighted by atomic mass is 16.5. The van der Waals surface area contributed by atoms with Gasteiger partial charge in [0.2, 0.25) is 6.41 Å². The quantitative estimate of drug-likeness (QED) is 0.387. The van der Waals surface area contributed by atoms with Crippen molar-refractivity contribution in [3.05, 3.63) is 42.5 Å². The average molecular weight is 380 g/mol. The number of carbonyl (C=O) groups excluding carboxylic acids is 1. The number of ether oxygens (including phenoxy) is 3. The molecule has 1 amide bonds. The first-order valence-electron chi connectivity index (χ1n) is 8.36. The second-order valence-electron chi connectivity index (χ2n) is 5.69. The standard InChI is InChI=1S/C20H20N4O4/c1-26-15-10-16(27-2)19(28-3)17-14(24-20(21)22-11-25)9-13(23-18(15)17)12-7-5-4-6-8-12/h4-11H,1-3H3,(H3,21,22,23,24,25). The van der Waals surface area contributed by atoms with E-state index < -0.39 is 0 Å². The first kappa shape index (κ1) is 19.0. The van der Waals surface area contributed by atoms with Crippen LogP contribution in [0.5, 0.6) is 17.2 Å². The van der Waals surface area contributed by atoms with Gasteiger partial charge in [-0.05, 0) is 6.07 Å². The molecule has 0 fully saturated rings. The zero-order chi connectivity index (χ0) is 20.1. The molecule has 0 spiro atoms. The second-order valence-corrected chi connectivity index (χ2v) is 5.69. The fourth-order valence-electron chi connectivity index (χ4n) is 2.89. The molecule has 2 aromatic carbocycles. The topological polar surface area (TPSA) is 108 Å². The van der Waals surface area contributed by atoms with Crippen LogP contribution >= 0.6 is 0 Å². The molecule has 0 unspecified atom stereocenters. The predicted octanol–water partition coefficient (Wildman–Crippen LogP) is 2.62. The zero-order valence-electron chi connectivity index (χ0n) is 15.7. The first-order chi connectivity index (χ1) is 13.6. The lowest BCUT2D eigenvalue weighted by molar-refractivity contribution is -0.108. The molecule has 8 nitrogen and oxygen atoms in total. The predicted molar refractivity (Wildman–Crippen MR) is 107 cm³/mol. The lowest BCUT2D eigenvalue weighted by Crippen LogP contribution is -2.29. The minimum absolute atomic E-state index is 0.0645. The SMILES string of the molecule is COc1cc(OC)c2nc(-c3ccccc3)cc(N=C(N)NC=O)c2c1OC. The van der Waals surface area contributed by atoms with Gasteiger partial charge in [-0.1, -0.05) is 30.3 Å². The Morgan fingerprint density at radius 3 is 2.39 bits per heavy atom. The molecule has 1 aromatic heterocycles. The van der Waals surface area contributed by atoms with Crippen LogP contribution in [0.1, 0.15) is 0 Å². The van der Waals surface area contributed by atoms with Crippen molar-refractivity contribution in [2.24, 2.45) is 10.7 Å². The van der Waals surface area contributed by atoms with Crippen molar-refractivity contribution in [2.75, 3.05) is 21.3 Å². The summed E-state index contributed by atoms with van der Waals surface area (Å²) >= 11 is 0. The van der Waals surface area contributed by atoms with Crippen LogP contribution in [0.3, 0.4) is 0 Å². The van der Waals surface area contributed by atoms with Crippen LogP contribution in [0.15, 0.2) is 47.5 Å². The molecular formula is C20H20N4O4. The maximum atomic E-state index is 10.7. The summed E-state index contributed by atoms with van der Waals surface area (Å²) in [5, 5.41) is 2.89. The number of benzene rings is 2. The van der Waals surface area contributed by atoms with Gasteiger partial charge in [0.15, 0.2) is 17.5 Å². The number of hydrogen-bond acceptors (Lipinski definition) is 6. The van der Waals surface area contributed by atoms with Gasteiger partial charge in [-0.25, -0.2) is 9.98 Å². The molecule has 3 rings (SSSR count). The van der Waals surface area contributed by atoms with E-state index in [9.17, 15) is 4.79 Å². The Balaban J connectivity index is 2.43. The van der Waals surface area contributed by atoms with Crippen LogP contribution in [0.25, 0.3) is 22.2 Å². The van der Waals surface area contributed by atoms with Gasteiger partial charge in [-0.3, -0.25) is 10.1 Å². The number of rotatable bonds is 6. The molecule has 8 heteroatoms. The molecule has 0 radical (unpaired) electrons. The Kier molecular flexibility index (Phi) is 5.59. The van der Waals surface area contributed by atoms with E-state index >= 15 is 0 Å². The summed E-state index contributed by atoms with van der Waals surface area (Å²) in [5.74, 6) is 1.32. The van der Waals surface area contributed by atoms with Gasteiger partial charge in [0.05, 0.1) is 38.1 Å². The Bertz CT molecular complexity index is 1040. The third-order valence-corrected chi connectivity index (χ3v) is 4.11. The van der Waals surface area contributed by atoms with Crippen LogP contribution in [-0.4, -0.2) is 38.7 Å². The van der Waals surface area contributed by atoms with E-state index in [4.69, 9.17) is 24.9 Å². The Labute approximate surface area is 162 Å². The molecule has 3 aromatic rings. The molecular weight excluding hydrogens is 360 g/mol. The van der Waals surface area contributed by atoms with Crippen LogP contribution < -0.4 is 25.3 Å². The van der Waals surface area contributed by atoms with E-state index in [0.29, 0.717) is 45.9 Å². The van der Waals surface area contributed by atoms with Gasteiger partial charge in [0, 0.05) is 11.6 Å². The van der Waals surface area contributed by atoms with Crippen molar-refractivity contribution < 1.29 is 19.0 Å². The number of fused-ring (bicyclic) bond motifs is 1. The molecule has 0 atom stereocenters. The third kappa shape index (κ3) is 3.52. The highest BCUT2D eigenvalue weighted by Gasteiger charge is 2.20. The van der Waals surface area contributed by atoms with Crippen LogP contribution in [0, 0.1) is 0 Å². The molecule has 0 bridgehead atoms. The van der Waals surface area contributed by atoms with E-state index in [1.165, 1.54) is 14.2 Å². The minimum atomic E-state index is -0.0645. The minimum Gasteiger partial charge on any atom is -0.494 e. The molecule has 0 saturated heterocycles. The maximum Gasteiger partial charge on any atom is 0.213 e. The van der Waals surface area contributed by atoms with Crippen LogP contribution in [0.2, 0.25) is 0 Å². The fourth-order valence-corrected chi connectivity index (χ4v) is 2.89. The number of carbonyl (C=O) groups is 1. The molecule has 0 saturated carbocycles. The van der Waals surface area contributed by atoms with Crippen molar-refractivity contribution in [3.63, 3.8) is 0 Å². The summed E-state index contributed by atoms with van der Waals surface area (Å²) in [4.78, 5) is 19.8. The van der Waals surface area contributed by atoms with Crippen molar-refractivity contribution in [1.29, 1.82) is 0 Å². The number of aromatic nitrogens is 1. The third-order valence-electron chi connectivity index (χ3n) is 4.11. The summed E-state index contributed by atoms with van der Waals surface area (Å²) in [6.45, 7) is 0. The maximum absolute atomic E-state index is 10.7. The smallest absolute Gasteiger partial charge is 0.213 e. The number of nitrogens with zero attached hydrogens (tertiary/aromatic N) is 2. The average Bonchev–Trinajstić information content (AvgIpc) is 2.73. The van der Waals surface area contributed by atoms with Crippen LogP contribution in [0.4, 0.5) is 5.69 Å².